The lowest BCUT2D eigenvalue weighted by molar-refractivity contribution is -0.126. The van der Waals surface area contributed by atoms with E-state index >= 15 is 0 Å². The van der Waals surface area contributed by atoms with Gasteiger partial charge in [0.15, 0.2) is 19.5 Å². The number of aromatic nitrogens is 2. The first-order valence-electron chi connectivity index (χ1n) is 5.26. The Labute approximate surface area is 134 Å². The molecule has 2 atom stereocenters. The molecule has 0 fully saturated rings. The van der Waals surface area contributed by atoms with E-state index in [9.17, 15) is 14.4 Å². The standard InChI is InChI=1S/C8H7N5O6S3/c9-17-3(14)1-2(5(15)18-10)4(6(16)19-11)21-8-13-12-7(20)22-8/h2,4,9-11H,1H2/q+2/p+1. The van der Waals surface area contributed by atoms with Crippen molar-refractivity contribution in [1.82, 2.24) is 10.2 Å². The Bertz CT molecular complexity index is 684. The molecule has 0 saturated carbocycles. The van der Waals surface area contributed by atoms with E-state index in [1.807, 2.05) is 0 Å². The Balaban J connectivity index is 3.15. The summed E-state index contributed by atoms with van der Waals surface area (Å²) in [6.45, 7) is 0. The van der Waals surface area contributed by atoms with Gasteiger partial charge in [0.25, 0.3) is 0 Å². The van der Waals surface area contributed by atoms with Crippen molar-refractivity contribution in [3.63, 3.8) is 0 Å². The molecule has 0 aromatic carbocycles. The van der Waals surface area contributed by atoms with E-state index in [1.54, 1.807) is 0 Å². The van der Waals surface area contributed by atoms with Crippen molar-refractivity contribution in [3.05, 3.63) is 17.6 Å². The average molecular weight is 366 g/mol. The summed E-state index contributed by atoms with van der Waals surface area (Å²) in [5.41, 5.74) is 19.8. The molecule has 22 heavy (non-hydrogen) atoms. The van der Waals surface area contributed by atoms with Crippen molar-refractivity contribution in [3.8, 4) is 0 Å². The van der Waals surface area contributed by atoms with Crippen LogP contribution < -0.4 is 0 Å². The third kappa shape index (κ3) is 4.74. The molecular formula is C8H8N5O6S3+3. The molecule has 2 unspecified atom stereocenters. The molecule has 0 radical (unpaired) electrons. The molecule has 0 saturated heterocycles. The number of hydrogen-bond donors (Lipinski definition) is 4. The summed E-state index contributed by atoms with van der Waals surface area (Å²) in [5.74, 6) is -4.98. The Morgan fingerprint density at radius 2 is 1.86 bits per heavy atom. The maximum atomic E-state index is 11.7. The van der Waals surface area contributed by atoms with Gasteiger partial charge in [-0.05, 0) is 29.0 Å². The lowest BCUT2D eigenvalue weighted by Crippen LogP contribution is -2.33. The molecule has 1 aromatic rings. The fourth-order valence-corrected chi connectivity index (χ4v) is 3.71. The highest BCUT2D eigenvalue weighted by molar-refractivity contribution is 8.02. The SMILES string of the molecule is N=[O+]C(=O)CC(C(=O)[O+]=N)C(Sc1n[nH]c(=S)s1)C(=O)[O+]=N. The minimum atomic E-state index is -1.49. The summed E-state index contributed by atoms with van der Waals surface area (Å²) in [4.78, 5) is 34.5. The van der Waals surface area contributed by atoms with Crippen LogP contribution in [0.4, 0.5) is 0 Å². The maximum Gasteiger partial charge on any atom is 0.620 e. The van der Waals surface area contributed by atoms with Crippen LogP contribution in [-0.2, 0) is 14.4 Å². The normalized spacial score (nSPS) is 12.9. The second-order valence-corrected chi connectivity index (χ2v) is 6.60. The second kappa shape index (κ2) is 8.40. The van der Waals surface area contributed by atoms with E-state index in [-0.39, 0.29) is 4.34 Å². The predicted molar refractivity (Wildman–Crippen MR) is 78.3 cm³/mol. The fourth-order valence-electron chi connectivity index (χ4n) is 1.34. The maximum absolute atomic E-state index is 11.7. The zero-order chi connectivity index (χ0) is 16.7. The zero-order valence-electron chi connectivity index (χ0n) is 10.5. The smallest absolute Gasteiger partial charge is 0.257 e. The second-order valence-electron chi connectivity index (χ2n) is 3.54. The first-order chi connectivity index (χ1) is 10.4. The van der Waals surface area contributed by atoms with Crippen molar-refractivity contribution in [2.24, 2.45) is 5.92 Å². The monoisotopic (exact) mass is 366 g/mol. The van der Waals surface area contributed by atoms with E-state index in [1.165, 1.54) is 0 Å². The van der Waals surface area contributed by atoms with Gasteiger partial charge in [0, 0.05) is 0 Å². The van der Waals surface area contributed by atoms with Gasteiger partial charge in [-0.3, -0.25) is 5.10 Å². The molecule has 0 bridgehead atoms. The molecule has 4 N–H and O–H groups in total. The van der Waals surface area contributed by atoms with Crippen LogP contribution in [0, 0.1) is 40.3 Å². The number of thioether (sulfide) groups is 1. The molecule has 1 heterocycles. The number of rotatable bonds is 7. The van der Waals surface area contributed by atoms with Gasteiger partial charge in [-0.2, -0.15) is 5.10 Å². The number of carbonyl (C=O) groups excluding carboxylic acids is 3. The van der Waals surface area contributed by atoms with Gasteiger partial charge in [-0.25, -0.2) is 0 Å². The van der Waals surface area contributed by atoms with E-state index in [4.69, 9.17) is 29.0 Å². The van der Waals surface area contributed by atoms with Gasteiger partial charge >= 0.3 is 17.9 Å². The molecule has 0 spiro atoms. The Morgan fingerprint density at radius 3 is 2.32 bits per heavy atom. The van der Waals surface area contributed by atoms with E-state index < -0.39 is 35.5 Å². The van der Waals surface area contributed by atoms with Crippen molar-refractivity contribution in [1.29, 1.82) is 16.8 Å². The summed E-state index contributed by atoms with van der Waals surface area (Å²) in [6.07, 6.45) is -0.705. The van der Waals surface area contributed by atoms with Gasteiger partial charge in [0.05, 0.1) is 14.4 Å². The molecule has 1 aromatic heterocycles. The highest BCUT2D eigenvalue weighted by Crippen LogP contribution is 2.32. The third-order valence-electron chi connectivity index (χ3n) is 2.25. The van der Waals surface area contributed by atoms with Crippen LogP contribution in [0.15, 0.2) is 4.34 Å². The molecule has 116 valence electrons. The van der Waals surface area contributed by atoms with Crippen molar-refractivity contribution in [2.75, 3.05) is 0 Å². The van der Waals surface area contributed by atoms with Crippen LogP contribution in [0.25, 0.3) is 0 Å². The van der Waals surface area contributed by atoms with Gasteiger partial charge in [-0.1, -0.05) is 23.1 Å². The average Bonchev–Trinajstić information content (AvgIpc) is 2.93. The van der Waals surface area contributed by atoms with Gasteiger partial charge in [-0.15, -0.1) is 13.6 Å². The quantitative estimate of drug-likeness (QED) is 0.324. The molecular weight excluding hydrogens is 358 g/mol. The van der Waals surface area contributed by atoms with Crippen LogP contribution in [0.1, 0.15) is 6.42 Å². The molecule has 0 aliphatic heterocycles. The molecule has 11 nitrogen and oxygen atoms in total. The Morgan fingerprint density at radius 1 is 1.23 bits per heavy atom. The van der Waals surface area contributed by atoms with E-state index in [0.717, 1.165) is 11.3 Å². The van der Waals surface area contributed by atoms with E-state index in [0.29, 0.717) is 15.7 Å². The number of H-pyrrole nitrogens is 1. The minimum absolute atomic E-state index is 0.252. The summed E-state index contributed by atoms with van der Waals surface area (Å²) in [7, 11) is 0. The van der Waals surface area contributed by atoms with E-state index in [2.05, 4.69) is 23.8 Å². The number of nitroso groups, excluding NO2 is 3. The minimum Gasteiger partial charge on any atom is -0.257 e. The van der Waals surface area contributed by atoms with Gasteiger partial charge in [0.1, 0.15) is 6.42 Å². The number of carbonyl (C=O) groups is 3. The topological polar surface area (TPSA) is 185 Å². The highest BCUT2D eigenvalue weighted by Gasteiger charge is 2.53. The van der Waals surface area contributed by atoms with Crippen molar-refractivity contribution in [2.45, 2.75) is 16.0 Å². The van der Waals surface area contributed by atoms with Crippen LogP contribution in [0.2, 0.25) is 0 Å². The number of aromatic amines is 1. The third-order valence-corrected chi connectivity index (χ3v) is 4.74. The number of nitrogens with zero attached hydrogens (tertiary/aromatic N) is 1. The molecule has 0 aliphatic rings. The summed E-state index contributed by atoms with van der Waals surface area (Å²) in [6, 6.07) is 0. The van der Waals surface area contributed by atoms with Crippen LogP contribution in [0.5, 0.6) is 0 Å². The number of hydrogen-bond acceptors (Lipinski definition) is 10. The van der Waals surface area contributed by atoms with Crippen LogP contribution in [-0.4, -0.2) is 33.4 Å². The highest BCUT2D eigenvalue weighted by atomic mass is 32.2. The first kappa shape index (κ1) is 18.0. The lowest BCUT2D eigenvalue weighted by Gasteiger charge is -2.05. The molecule has 0 amide bonds. The largest absolute Gasteiger partial charge is 0.620 e. The van der Waals surface area contributed by atoms with Gasteiger partial charge in [0.2, 0.25) is 0 Å². The van der Waals surface area contributed by atoms with Gasteiger partial charge < -0.3 is 0 Å². The summed E-state index contributed by atoms with van der Waals surface area (Å²) in [5, 5.41) is 4.82. The number of nitrogens with one attached hydrogen (secondary N) is 4. The predicted octanol–water partition coefficient (Wildman–Crippen LogP) is 1.89. The summed E-state index contributed by atoms with van der Waals surface area (Å²) < 4.78 is 11.9. The van der Waals surface area contributed by atoms with Crippen LogP contribution in [0.3, 0.4) is 0 Å². The molecule has 1 rings (SSSR count). The Kier molecular flexibility index (Phi) is 6.87. The first-order valence-corrected chi connectivity index (χ1v) is 7.36. The van der Waals surface area contributed by atoms with Crippen molar-refractivity contribution < 1.29 is 14.4 Å². The Hall–Kier alpha value is -2.06. The molecule has 0 aliphatic carbocycles. The fraction of sp³-hybridized carbons (Fsp3) is 0.375. The van der Waals surface area contributed by atoms with Crippen LogP contribution >= 0.6 is 35.3 Å². The van der Waals surface area contributed by atoms with Crippen molar-refractivity contribution >= 4 is 53.2 Å². The zero-order valence-corrected chi connectivity index (χ0v) is 12.9. The summed E-state index contributed by atoms with van der Waals surface area (Å²) >= 11 is 6.53. The lowest BCUT2D eigenvalue weighted by atomic mass is 10.0. The molecule has 14 heteroatoms.